The van der Waals surface area contributed by atoms with Crippen LogP contribution in [0, 0.1) is 5.82 Å². The molecule has 0 spiro atoms. The van der Waals surface area contributed by atoms with E-state index >= 15 is 0 Å². The average molecular weight is 302 g/mol. The molecule has 0 aliphatic heterocycles. The first-order valence-corrected chi connectivity index (χ1v) is 7.63. The molecule has 3 aromatic rings. The lowest BCUT2D eigenvalue weighted by Crippen LogP contribution is -2.17. The summed E-state index contributed by atoms with van der Waals surface area (Å²) in [6.07, 6.45) is 2.46. The molecule has 0 saturated carbocycles. The van der Waals surface area contributed by atoms with Crippen LogP contribution in [0.1, 0.15) is 10.6 Å². The second-order valence-electron chi connectivity index (χ2n) is 4.62. The molecule has 0 aliphatic carbocycles. The minimum atomic E-state index is -0.167. The minimum Gasteiger partial charge on any atom is -0.463 e. The molecule has 1 aromatic carbocycles. The first-order chi connectivity index (χ1) is 10.3. The molecule has 2 heterocycles. The van der Waals surface area contributed by atoms with Gasteiger partial charge in [0.05, 0.1) is 11.3 Å². The molecule has 0 saturated heterocycles. The van der Waals surface area contributed by atoms with Gasteiger partial charge in [0.2, 0.25) is 0 Å². The number of hydrogen-bond donors (Lipinski definition) is 1. The maximum absolute atomic E-state index is 13.4. The largest absolute Gasteiger partial charge is 0.463 e. The molecule has 5 heteroatoms. The summed E-state index contributed by atoms with van der Waals surface area (Å²) >= 11 is 1.61. The van der Waals surface area contributed by atoms with Gasteiger partial charge in [0.1, 0.15) is 11.5 Å². The van der Waals surface area contributed by atoms with Crippen LogP contribution in [0.5, 0.6) is 0 Å². The highest BCUT2D eigenvalue weighted by atomic mass is 32.1. The summed E-state index contributed by atoms with van der Waals surface area (Å²) in [4.78, 5) is 4.53. The zero-order valence-electron chi connectivity index (χ0n) is 11.4. The van der Waals surface area contributed by atoms with Crippen LogP contribution in [0.2, 0.25) is 0 Å². The number of furan rings is 1. The Bertz CT molecular complexity index is 694. The van der Waals surface area contributed by atoms with E-state index in [1.165, 1.54) is 6.07 Å². The summed E-state index contributed by atoms with van der Waals surface area (Å²) in [6.45, 7) is 1.29. The van der Waals surface area contributed by atoms with Crippen LogP contribution in [0.3, 0.4) is 0 Å². The number of nitrogens with one attached hydrogen (secondary N) is 1. The molecular weight excluding hydrogens is 287 g/mol. The fraction of sp³-hybridized carbons (Fsp3) is 0.188. The van der Waals surface area contributed by atoms with Crippen molar-refractivity contribution in [3.63, 3.8) is 0 Å². The highest BCUT2D eigenvalue weighted by Gasteiger charge is 2.06. The molecule has 0 bridgehead atoms. The van der Waals surface area contributed by atoms with Gasteiger partial charge < -0.3 is 9.73 Å². The number of benzene rings is 1. The second kappa shape index (κ2) is 6.65. The van der Waals surface area contributed by atoms with Crippen LogP contribution in [-0.2, 0) is 13.0 Å². The van der Waals surface area contributed by atoms with Gasteiger partial charge in [-0.3, -0.25) is 0 Å². The summed E-state index contributed by atoms with van der Waals surface area (Å²) in [7, 11) is 0. The Hall–Kier alpha value is -1.98. The monoisotopic (exact) mass is 302 g/mol. The van der Waals surface area contributed by atoms with Gasteiger partial charge in [-0.2, -0.15) is 0 Å². The van der Waals surface area contributed by atoms with Crippen molar-refractivity contribution in [2.24, 2.45) is 0 Å². The molecule has 0 atom stereocenters. The third kappa shape index (κ3) is 3.56. The Morgan fingerprint density at radius 2 is 2.10 bits per heavy atom. The summed E-state index contributed by atoms with van der Waals surface area (Å²) < 4.78 is 18.8. The molecule has 0 unspecified atom stereocenters. The number of thiazole rings is 1. The Balaban J connectivity index is 1.49. The van der Waals surface area contributed by atoms with Crippen LogP contribution in [0.25, 0.3) is 11.5 Å². The van der Waals surface area contributed by atoms with Gasteiger partial charge in [-0.1, -0.05) is 18.2 Å². The topological polar surface area (TPSA) is 38.1 Å². The van der Waals surface area contributed by atoms with Gasteiger partial charge in [-0.25, -0.2) is 9.37 Å². The van der Waals surface area contributed by atoms with Crippen molar-refractivity contribution in [2.75, 3.05) is 6.54 Å². The van der Waals surface area contributed by atoms with E-state index in [4.69, 9.17) is 4.42 Å². The van der Waals surface area contributed by atoms with E-state index in [2.05, 4.69) is 10.3 Å². The molecule has 0 fully saturated rings. The lowest BCUT2D eigenvalue weighted by atomic mass is 10.2. The van der Waals surface area contributed by atoms with Crippen LogP contribution in [-0.4, -0.2) is 11.5 Å². The molecule has 1 N–H and O–H groups in total. The Kier molecular flexibility index (Phi) is 4.43. The molecule has 2 aromatic heterocycles. The van der Waals surface area contributed by atoms with Gasteiger partial charge >= 0.3 is 0 Å². The van der Waals surface area contributed by atoms with E-state index in [1.54, 1.807) is 29.7 Å². The number of rotatable bonds is 6. The molecular formula is C16H15FN2OS. The van der Waals surface area contributed by atoms with E-state index in [0.717, 1.165) is 29.4 Å². The van der Waals surface area contributed by atoms with Crippen molar-refractivity contribution in [1.82, 2.24) is 10.3 Å². The number of hydrogen-bond acceptors (Lipinski definition) is 4. The maximum atomic E-state index is 13.4. The first-order valence-electron chi connectivity index (χ1n) is 6.75. The fourth-order valence-corrected chi connectivity index (χ4v) is 2.81. The average Bonchev–Trinajstić information content (AvgIpc) is 3.16. The van der Waals surface area contributed by atoms with Gasteiger partial charge in [0.25, 0.3) is 0 Å². The number of halogens is 1. The van der Waals surface area contributed by atoms with Gasteiger partial charge in [0.15, 0.2) is 5.76 Å². The van der Waals surface area contributed by atoms with E-state index in [-0.39, 0.29) is 5.82 Å². The Labute approximate surface area is 126 Å². The van der Waals surface area contributed by atoms with Gasteiger partial charge in [0, 0.05) is 30.5 Å². The van der Waals surface area contributed by atoms with Crippen molar-refractivity contribution in [3.05, 3.63) is 64.4 Å². The zero-order chi connectivity index (χ0) is 14.5. The maximum Gasteiger partial charge on any atom is 0.153 e. The molecule has 3 nitrogen and oxygen atoms in total. The SMILES string of the molecule is Fc1ccccc1CNCCc1nc(-c2ccco2)cs1. The highest BCUT2D eigenvalue weighted by Crippen LogP contribution is 2.22. The number of aromatic nitrogens is 1. The predicted molar refractivity (Wildman–Crippen MR) is 81.6 cm³/mol. The molecule has 0 radical (unpaired) electrons. The lowest BCUT2D eigenvalue weighted by molar-refractivity contribution is 0.579. The normalized spacial score (nSPS) is 10.9. The summed E-state index contributed by atoms with van der Waals surface area (Å²) in [5.41, 5.74) is 1.56. The van der Waals surface area contributed by atoms with Crippen LogP contribution in [0.4, 0.5) is 4.39 Å². The van der Waals surface area contributed by atoms with Crippen LogP contribution < -0.4 is 5.32 Å². The van der Waals surface area contributed by atoms with Crippen molar-refractivity contribution in [2.45, 2.75) is 13.0 Å². The Morgan fingerprint density at radius 1 is 1.19 bits per heavy atom. The third-order valence-corrected chi connectivity index (χ3v) is 4.02. The van der Waals surface area contributed by atoms with E-state index in [9.17, 15) is 4.39 Å². The zero-order valence-corrected chi connectivity index (χ0v) is 12.2. The first kappa shape index (κ1) is 14.0. The molecule has 108 valence electrons. The van der Waals surface area contributed by atoms with Crippen molar-refractivity contribution in [1.29, 1.82) is 0 Å². The summed E-state index contributed by atoms with van der Waals surface area (Å²) in [5.74, 6) is 0.621. The van der Waals surface area contributed by atoms with Gasteiger partial charge in [-0.05, 0) is 18.2 Å². The van der Waals surface area contributed by atoms with Crippen molar-refractivity contribution in [3.8, 4) is 11.5 Å². The van der Waals surface area contributed by atoms with E-state index in [0.29, 0.717) is 12.1 Å². The molecule has 3 rings (SSSR count). The second-order valence-corrected chi connectivity index (χ2v) is 5.56. The number of nitrogens with zero attached hydrogens (tertiary/aromatic N) is 1. The predicted octanol–water partition coefficient (Wildman–Crippen LogP) is 3.87. The van der Waals surface area contributed by atoms with Crippen molar-refractivity contribution >= 4 is 11.3 Å². The molecule has 21 heavy (non-hydrogen) atoms. The van der Waals surface area contributed by atoms with E-state index in [1.807, 2.05) is 23.6 Å². The summed E-state index contributed by atoms with van der Waals surface area (Å²) in [6, 6.07) is 10.6. The molecule has 0 amide bonds. The van der Waals surface area contributed by atoms with E-state index < -0.39 is 0 Å². The fourth-order valence-electron chi connectivity index (χ4n) is 2.02. The summed E-state index contributed by atoms with van der Waals surface area (Å²) in [5, 5.41) is 6.27. The van der Waals surface area contributed by atoms with Crippen LogP contribution in [0.15, 0.2) is 52.5 Å². The quantitative estimate of drug-likeness (QED) is 0.702. The standard InChI is InChI=1S/C16H15FN2OS/c17-13-5-2-1-4-12(13)10-18-8-7-16-19-14(11-21-16)15-6-3-9-20-15/h1-6,9,11,18H,7-8,10H2. The molecule has 0 aliphatic rings. The Morgan fingerprint density at radius 3 is 2.90 bits per heavy atom. The third-order valence-electron chi connectivity index (χ3n) is 3.11. The minimum absolute atomic E-state index is 0.167. The lowest BCUT2D eigenvalue weighted by Gasteiger charge is -2.04. The van der Waals surface area contributed by atoms with Gasteiger partial charge in [-0.15, -0.1) is 11.3 Å². The highest BCUT2D eigenvalue weighted by molar-refractivity contribution is 7.09. The smallest absolute Gasteiger partial charge is 0.153 e. The van der Waals surface area contributed by atoms with Crippen molar-refractivity contribution < 1.29 is 8.81 Å². The van der Waals surface area contributed by atoms with Crippen LogP contribution >= 0.6 is 11.3 Å².